The average molecular weight is 186 g/mol. The van der Waals surface area contributed by atoms with Crippen molar-refractivity contribution in [3.63, 3.8) is 0 Å². The second-order valence-electron chi connectivity index (χ2n) is 3.70. The summed E-state index contributed by atoms with van der Waals surface area (Å²) in [6, 6.07) is -0.0926. The summed E-state index contributed by atoms with van der Waals surface area (Å²) in [5.41, 5.74) is 11.2. The topological polar surface area (TPSA) is 69.1 Å². The van der Waals surface area contributed by atoms with Crippen molar-refractivity contribution in [2.45, 2.75) is 52.5 Å². The van der Waals surface area contributed by atoms with Crippen molar-refractivity contribution in [3.05, 3.63) is 0 Å². The van der Waals surface area contributed by atoms with Gasteiger partial charge in [0.05, 0.1) is 0 Å². The lowest BCUT2D eigenvalue weighted by atomic mass is 9.72. The molecular weight excluding hydrogens is 164 g/mol. The van der Waals surface area contributed by atoms with Crippen molar-refractivity contribution in [2.75, 3.05) is 0 Å². The Morgan fingerprint density at radius 2 is 1.62 bits per heavy atom. The Labute approximate surface area is 80.9 Å². The number of hydrogen-bond donors (Lipinski definition) is 2. The first-order valence-electron chi connectivity index (χ1n) is 5.06. The number of carbonyl (C=O) groups excluding carboxylic acids is 1. The third-order valence-corrected chi connectivity index (χ3v) is 3.32. The Morgan fingerprint density at radius 1 is 1.23 bits per heavy atom. The number of rotatable bonds is 6. The summed E-state index contributed by atoms with van der Waals surface area (Å²) in [7, 11) is 0. The molecule has 0 aromatic carbocycles. The zero-order chi connectivity index (χ0) is 10.5. The van der Waals surface area contributed by atoms with Crippen LogP contribution in [0.1, 0.15) is 46.5 Å². The van der Waals surface area contributed by atoms with Gasteiger partial charge in [-0.15, -0.1) is 0 Å². The molecule has 0 fully saturated rings. The van der Waals surface area contributed by atoms with Gasteiger partial charge in [-0.3, -0.25) is 4.79 Å². The van der Waals surface area contributed by atoms with Crippen molar-refractivity contribution in [3.8, 4) is 0 Å². The Balaban J connectivity index is 4.43. The van der Waals surface area contributed by atoms with E-state index in [1.165, 1.54) is 0 Å². The Morgan fingerprint density at radius 3 is 1.85 bits per heavy atom. The summed E-state index contributed by atoms with van der Waals surface area (Å²) in [5.74, 6) is -0.299. The highest BCUT2D eigenvalue weighted by Gasteiger charge is 2.32. The fourth-order valence-electron chi connectivity index (χ4n) is 1.97. The molecule has 3 nitrogen and oxygen atoms in total. The highest BCUT2D eigenvalue weighted by Crippen LogP contribution is 2.34. The third-order valence-electron chi connectivity index (χ3n) is 3.32. The molecule has 1 unspecified atom stereocenters. The molecule has 0 saturated carbocycles. The van der Waals surface area contributed by atoms with Crippen LogP contribution in [0.25, 0.3) is 0 Å². The van der Waals surface area contributed by atoms with Crippen LogP contribution in [0.3, 0.4) is 0 Å². The van der Waals surface area contributed by atoms with E-state index in [0.29, 0.717) is 6.42 Å². The van der Waals surface area contributed by atoms with Crippen LogP contribution in [0.15, 0.2) is 0 Å². The van der Waals surface area contributed by atoms with Crippen molar-refractivity contribution in [1.82, 2.24) is 0 Å². The van der Waals surface area contributed by atoms with Gasteiger partial charge in [-0.05, 0) is 24.7 Å². The van der Waals surface area contributed by atoms with Crippen LogP contribution in [-0.4, -0.2) is 11.9 Å². The van der Waals surface area contributed by atoms with Crippen LogP contribution in [0.5, 0.6) is 0 Å². The fraction of sp³-hybridized carbons (Fsp3) is 0.900. The SMILES string of the molecule is CCC(CC)(CC)C(N)CC(N)=O. The maximum Gasteiger partial charge on any atom is 0.218 e. The van der Waals surface area contributed by atoms with Gasteiger partial charge in [0.1, 0.15) is 0 Å². The molecule has 4 N–H and O–H groups in total. The van der Waals surface area contributed by atoms with E-state index in [1.807, 2.05) is 0 Å². The predicted octanol–water partition coefficient (Wildman–Crippen LogP) is 1.41. The quantitative estimate of drug-likeness (QED) is 0.658. The van der Waals surface area contributed by atoms with Crippen molar-refractivity contribution >= 4 is 5.91 Å². The second kappa shape index (κ2) is 5.22. The summed E-state index contributed by atoms with van der Waals surface area (Å²) in [5, 5.41) is 0. The molecule has 0 aliphatic rings. The average Bonchev–Trinajstić information content (AvgIpc) is 2.07. The lowest BCUT2D eigenvalue weighted by Gasteiger charge is -2.36. The molecular formula is C10H22N2O. The number of hydrogen-bond acceptors (Lipinski definition) is 2. The Hall–Kier alpha value is -0.570. The first-order valence-corrected chi connectivity index (χ1v) is 5.06. The van der Waals surface area contributed by atoms with Crippen molar-refractivity contribution in [2.24, 2.45) is 16.9 Å². The van der Waals surface area contributed by atoms with Crippen LogP contribution in [0.4, 0.5) is 0 Å². The minimum absolute atomic E-state index is 0.0923. The number of primary amides is 1. The molecule has 0 heterocycles. The predicted molar refractivity (Wildman–Crippen MR) is 55.1 cm³/mol. The van der Waals surface area contributed by atoms with E-state index < -0.39 is 0 Å². The van der Waals surface area contributed by atoms with E-state index in [9.17, 15) is 4.79 Å². The largest absolute Gasteiger partial charge is 0.370 e. The van der Waals surface area contributed by atoms with Gasteiger partial charge < -0.3 is 11.5 Å². The van der Waals surface area contributed by atoms with E-state index in [1.54, 1.807) is 0 Å². The second-order valence-corrected chi connectivity index (χ2v) is 3.70. The van der Waals surface area contributed by atoms with Crippen LogP contribution >= 0.6 is 0 Å². The minimum atomic E-state index is -0.299. The minimum Gasteiger partial charge on any atom is -0.370 e. The van der Waals surface area contributed by atoms with Gasteiger partial charge in [0, 0.05) is 12.5 Å². The molecule has 0 saturated heterocycles. The molecule has 0 aromatic heterocycles. The molecule has 0 aliphatic carbocycles. The molecule has 1 amide bonds. The molecule has 13 heavy (non-hydrogen) atoms. The molecule has 3 heteroatoms. The Kier molecular flexibility index (Phi) is 4.99. The van der Waals surface area contributed by atoms with Gasteiger partial charge in [0.2, 0.25) is 5.91 Å². The molecule has 0 bridgehead atoms. The summed E-state index contributed by atoms with van der Waals surface area (Å²) in [6.07, 6.45) is 3.33. The van der Waals surface area contributed by atoms with E-state index >= 15 is 0 Å². The molecule has 0 radical (unpaired) electrons. The molecule has 1 atom stereocenters. The first kappa shape index (κ1) is 12.4. The first-order chi connectivity index (χ1) is 6.02. The zero-order valence-electron chi connectivity index (χ0n) is 8.97. The van der Waals surface area contributed by atoms with Crippen LogP contribution in [-0.2, 0) is 4.79 Å². The van der Waals surface area contributed by atoms with Crippen LogP contribution in [0.2, 0.25) is 0 Å². The van der Waals surface area contributed by atoms with Crippen molar-refractivity contribution in [1.29, 1.82) is 0 Å². The lowest BCUT2D eigenvalue weighted by Crippen LogP contribution is -2.43. The zero-order valence-corrected chi connectivity index (χ0v) is 8.97. The summed E-state index contributed by atoms with van der Waals surface area (Å²) in [4.78, 5) is 10.7. The van der Waals surface area contributed by atoms with E-state index in [4.69, 9.17) is 11.5 Å². The number of nitrogens with two attached hydrogens (primary N) is 2. The number of amides is 1. The Bertz CT molecular complexity index is 156. The highest BCUT2D eigenvalue weighted by molar-refractivity contribution is 5.74. The number of carbonyl (C=O) groups is 1. The van der Waals surface area contributed by atoms with E-state index in [-0.39, 0.29) is 17.4 Å². The standard InChI is InChI=1S/C10H22N2O/c1-4-10(5-2,6-3)8(11)7-9(12)13/h8H,4-7,11H2,1-3H3,(H2,12,13). The van der Waals surface area contributed by atoms with Crippen molar-refractivity contribution < 1.29 is 4.79 Å². The monoisotopic (exact) mass is 186 g/mol. The molecule has 0 rings (SSSR count). The van der Waals surface area contributed by atoms with Gasteiger partial charge >= 0.3 is 0 Å². The van der Waals surface area contributed by atoms with Gasteiger partial charge in [0.15, 0.2) is 0 Å². The fourth-order valence-corrected chi connectivity index (χ4v) is 1.97. The van der Waals surface area contributed by atoms with Gasteiger partial charge in [-0.25, -0.2) is 0 Å². The maximum absolute atomic E-state index is 10.7. The smallest absolute Gasteiger partial charge is 0.218 e. The normalized spacial score (nSPS) is 14.2. The highest BCUT2D eigenvalue weighted by atomic mass is 16.1. The van der Waals surface area contributed by atoms with Crippen LogP contribution in [0, 0.1) is 5.41 Å². The molecule has 78 valence electrons. The lowest BCUT2D eigenvalue weighted by molar-refractivity contribution is -0.119. The molecule has 0 spiro atoms. The summed E-state index contributed by atoms with van der Waals surface area (Å²) < 4.78 is 0. The van der Waals surface area contributed by atoms with Gasteiger partial charge in [-0.2, -0.15) is 0 Å². The van der Waals surface area contributed by atoms with E-state index in [0.717, 1.165) is 19.3 Å². The van der Waals surface area contributed by atoms with Gasteiger partial charge in [-0.1, -0.05) is 20.8 Å². The summed E-state index contributed by atoms with van der Waals surface area (Å²) >= 11 is 0. The van der Waals surface area contributed by atoms with Crippen LogP contribution < -0.4 is 11.5 Å². The molecule has 0 aliphatic heterocycles. The van der Waals surface area contributed by atoms with E-state index in [2.05, 4.69) is 20.8 Å². The maximum atomic E-state index is 10.7. The molecule has 0 aromatic rings. The third kappa shape index (κ3) is 2.99. The van der Waals surface area contributed by atoms with Gasteiger partial charge in [0.25, 0.3) is 0 Å². The summed E-state index contributed by atoms with van der Waals surface area (Å²) in [6.45, 7) is 6.36.